The first-order chi connectivity index (χ1) is 8.45. The molecule has 1 aromatic rings. The highest BCUT2D eigenvalue weighted by Crippen LogP contribution is 2.17. The summed E-state index contributed by atoms with van der Waals surface area (Å²) < 4.78 is 5.88. The number of carbonyl (C=O) groups is 1. The molecule has 0 aliphatic heterocycles. The molecule has 0 saturated heterocycles. The first-order valence-electron chi connectivity index (χ1n) is 6.02. The van der Waals surface area contributed by atoms with E-state index in [1.165, 1.54) is 12.7 Å². The summed E-state index contributed by atoms with van der Waals surface area (Å²) in [6.45, 7) is 6.70. The number of methoxy groups -OCH3 is 1. The zero-order chi connectivity index (χ0) is 13.7. The number of hydrogen-bond donors (Lipinski definition) is 1. The smallest absolute Gasteiger partial charge is 0.323 e. The van der Waals surface area contributed by atoms with E-state index in [0.29, 0.717) is 6.54 Å². The van der Waals surface area contributed by atoms with Crippen LogP contribution in [-0.2, 0) is 16.1 Å². The lowest BCUT2D eigenvalue weighted by atomic mass is 10.0. The monoisotopic (exact) mass is 313 g/mol. The zero-order valence-electron chi connectivity index (χ0n) is 11.3. The third kappa shape index (κ3) is 4.10. The van der Waals surface area contributed by atoms with Crippen LogP contribution < -0.4 is 5.32 Å². The minimum absolute atomic E-state index is 0.200. The Morgan fingerprint density at radius 3 is 2.61 bits per heavy atom. The first kappa shape index (κ1) is 15.2. The molecule has 0 saturated carbocycles. The number of halogens is 1. The summed E-state index contributed by atoms with van der Waals surface area (Å²) >= 11 is 3.51. The molecule has 1 aromatic carbocycles. The van der Waals surface area contributed by atoms with Crippen LogP contribution in [-0.4, -0.2) is 19.1 Å². The van der Waals surface area contributed by atoms with Crippen molar-refractivity contribution in [2.45, 2.75) is 33.4 Å². The summed E-state index contributed by atoms with van der Waals surface area (Å²) in [4.78, 5) is 11.6. The Kier molecular flexibility index (Phi) is 5.82. The molecule has 0 amide bonds. The fraction of sp³-hybridized carbons (Fsp3) is 0.500. The van der Waals surface area contributed by atoms with Gasteiger partial charge in [0.2, 0.25) is 0 Å². The molecule has 0 bridgehead atoms. The number of ether oxygens (including phenoxy) is 1. The van der Waals surface area contributed by atoms with Gasteiger partial charge in [0.15, 0.2) is 0 Å². The van der Waals surface area contributed by atoms with Crippen molar-refractivity contribution >= 4 is 21.9 Å². The molecule has 0 fully saturated rings. The van der Waals surface area contributed by atoms with Gasteiger partial charge < -0.3 is 10.1 Å². The van der Waals surface area contributed by atoms with Gasteiger partial charge in [-0.1, -0.05) is 41.9 Å². The number of hydrogen-bond acceptors (Lipinski definition) is 3. The van der Waals surface area contributed by atoms with Crippen molar-refractivity contribution in [2.24, 2.45) is 5.92 Å². The number of nitrogens with one attached hydrogen (secondary N) is 1. The van der Waals surface area contributed by atoms with E-state index in [0.717, 1.165) is 10.0 Å². The Bertz CT molecular complexity index is 418. The van der Waals surface area contributed by atoms with Gasteiger partial charge in [-0.25, -0.2) is 0 Å². The molecule has 0 aliphatic rings. The summed E-state index contributed by atoms with van der Waals surface area (Å²) in [6, 6.07) is 5.91. The minimum Gasteiger partial charge on any atom is -0.468 e. The fourth-order valence-electron chi connectivity index (χ4n) is 1.69. The van der Waals surface area contributed by atoms with Gasteiger partial charge in [0.1, 0.15) is 6.04 Å². The molecule has 0 aromatic heterocycles. The molecule has 0 spiro atoms. The van der Waals surface area contributed by atoms with E-state index < -0.39 is 0 Å². The van der Waals surface area contributed by atoms with Crippen LogP contribution in [0, 0.1) is 12.8 Å². The quantitative estimate of drug-likeness (QED) is 0.849. The molecule has 18 heavy (non-hydrogen) atoms. The molecule has 1 atom stereocenters. The summed E-state index contributed by atoms with van der Waals surface area (Å²) in [5, 5.41) is 3.24. The Hall–Kier alpha value is -0.870. The fourth-order valence-corrected chi connectivity index (χ4v) is 2.12. The number of benzene rings is 1. The molecule has 3 nitrogen and oxygen atoms in total. The number of esters is 1. The van der Waals surface area contributed by atoms with Crippen molar-refractivity contribution in [3.8, 4) is 0 Å². The lowest BCUT2D eigenvalue weighted by Gasteiger charge is -2.20. The third-order valence-corrected chi connectivity index (χ3v) is 3.74. The van der Waals surface area contributed by atoms with Crippen LogP contribution >= 0.6 is 15.9 Å². The van der Waals surface area contributed by atoms with Crippen LogP contribution in [0.5, 0.6) is 0 Å². The Balaban J connectivity index is 2.67. The van der Waals surface area contributed by atoms with Crippen molar-refractivity contribution in [3.05, 3.63) is 33.8 Å². The van der Waals surface area contributed by atoms with Crippen molar-refractivity contribution in [2.75, 3.05) is 7.11 Å². The third-order valence-electron chi connectivity index (χ3n) is 2.88. The number of carbonyl (C=O) groups excluding carboxylic acids is 1. The maximum absolute atomic E-state index is 11.6. The molecule has 0 heterocycles. The van der Waals surface area contributed by atoms with Crippen molar-refractivity contribution in [3.63, 3.8) is 0 Å². The summed E-state index contributed by atoms with van der Waals surface area (Å²) in [5.41, 5.74) is 2.34. The first-order valence-corrected chi connectivity index (χ1v) is 6.81. The van der Waals surface area contributed by atoms with Crippen LogP contribution in [0.25, 0.3) is 0 Å². The van der Waals surface area contributed by atoms with Gasteiger partial charge in [0.25, 0.3) is 0 Å². The Morgan fingerprint density at radius 2 is 2.11 bits per heavy atom. The molecule has 4 heteroatoms. The van der Waals surface area contributed by atoms with Crippen LogP contribution in [0.1, 0.15) is 25.0 Å². The molecule has 1 N–H and O–H groups in total. The maximum atomic E-state index is 11.6. The van der Waals surface area contributed by atoms with Crippen molar-refractivity contribution in [1.29, 1.82) is 0 Å². The molecule has 100 valence electrons. The van der Waals surface area contributed by atoms with E-state index in [4.69, 9.17) is 4.74 Å². The van der Waals surface area contributed by atoms with Gasteiger partial charge in [0.05, 0.1) is 7.11 Å². The highest BCUT2D eigenvalue weighted by atomic mass is 79.9. The summed E-state index contributed by atoms with van der Waals surface area (Å²) in [6.07, 6.45) is 0. The van der Waals surface area contributed by atoms with E-state index in [2.05, 4.69) is 39.4 Å². The molecule has 1 rings (SSSR count). The van der Waals surface area contributed by atoms with E-state index in [1.54, 1.807) is 0 Å². The van der Waals surface area contributed by atoms with Gasteiger partial charge >= 0.3 is 5.97 Å². The molecule has 0 aliphatic carbocycles. The van der Waals surface area contributed by atoms with Gasteiger partial charge in [-0.15, -0.1) is 0 Å². The highest BCUT2D eigenvalue weighted by molar-refractivity contribution is 9.10. The predicted molar refractivity (Wildman–Crippen MR) is 76.4 cm³/mol. The summed E-state index contributed by atoms with van der Waals surface area (Å²) in [5.74, 6) is -0.0116. The van der Waals surface area contributed by atoms with Gasteiger partial charge in [-0.3, -0.25) is 4.79 Å². The molecular weight excluding hydrogens is 294 g/mol. The summed E-state index contributed by atoms with van der Waals surface area (Å²) in [7, 11) is 1.42. The second-order valence-corrected chi connectivity index (χ2v) is 5.56. The minimum atomic E-state index is -0.268. The maximum Gasteiger partial charge on any atom is 0.323 e. The average Bonchev–Trinajstić information content (AvgIpc) is 2.33. The van der Waals surface area contributed by atoms with E-state index in [9.17, 15) is 4.79 Å². The molecular formula is C14H20BrNO2. The van der Waals surface area contributed by atoms with Gasteiger partial charge in [-0.05, 0) is 30.0 Å². The Labute approximate surface area is 117 Å². The predicted octanol–water partition coefficient (Wildman–Crippen LogP) is 3.04. The zero-order valence-corrected chi connectivity index (χ0v) is 12.9. The van der Waals surface area contributed by atoms with Gasteiger partial charge in [-0.2, -0.15) is 0 Å². The van der Waals surface area contributed by atoms with E-state index in [-0.39, 0.29) is 17.9 Å². The lowest BCUT2D eigenvalue weighted by molar-refractivity contribution is -0.144. The van der Waals surface area contributed by atoms with Gasteiger partial charge in [0, 0.05) is 11.0 Å². The van der Waals surface area contributed by atoms with Crippen molar-refractivity contribution in [1.82, 2.24) is 5.32 Å². The topological polar surface area (TPSA) is 38.3 Å². The lowest BCUT2D eigenvalue weighted by Crippen LogP contribution is -2.41. The van der Waals surface area contributed by atoms with Crippen LogP contribution in [0.15, 0.2) is 22.7 Å². The normalized spacial score (nSPS) is 12.6. The SMILES string of the molecule is COC(=O)[C@@H](NCc1ccc(C)c(Br)c1)C(C)C. The van der Waals surface area contributed by atoms with Crippen LogP contribution in [0.4, 0.5) is 0 Å². The number of aryl methyl sites for hydroxylation is 1. The largest absolute Gasteiger partial charge is 0.468 e. The molecule has 0 unspecified atom stereocenters. The standard InChI is InChI=1S/C14H20BrNO2/c1-9(2)13(14(17)18-4)16-8-11-6-5-10(3)12(15)7-11/h5-7,9,13,16H,8H2,1-4H3/t13-/m0/s1. The van der Waals surface area contributed by atoms with E-state index >= 15 is 0 Å². The van der Waals surface area contributed by atoms with Crippen LogP contribution in [0.3, 0.4) is 0 Å². The number of rotatable bonds is 5. The molecule has 0 radical (unpaired) electrons. The Morgan fingerprint density at radius 1 is 1.44 bits per heavy atom. The highest BCUT2D eigenvalue weighted by Gasteiger charge is 2.21. The van der Waals surface area contributed by atoms with E-state index in [1.807, 2.05) is 20.8 Å². The second kappa shape index (κ2) is 6.90. The van der Waals surface area contributed by atoms with Crippen LogP contribution in [0.2, 0.25) is 0 Å². The second-order valence-electron chi connectivity index (χ2n) is 4.71. The average molecular weight is 314 g/mol. The van der Waals surface area contributed by atoms with Crippen molar-refractivity contribution < 1.29 is 9.53 Å².